The number of hydrogen-bond donors (Lipinski definition) is 0. The molecule has 1 aromatic carbocycles. The Bertz CT molecular complexity index is 81.9. The van der Waals surface area contributed by atoms with Gasteiger partial charge in [0.15, 0.2) is 0 Å². The zero-order valence-electron chi connectivity index (χ0n) is 4.44. The van der Waals surface area contributed by atoms with Gasteiger partial charge in [-0.3, -0.25) is 0 Å². The van der Waals surface area contributed by atoms with Crippen molar-refractivity contribution < 1.29 is 43.2 Å². The fraction of sp³-hybridized carbons (Fsp3) is 0. The van der Waals surface area contributed by atoms with Gasteiger partial charge in [0.1, 0.15) is 0 Å². The summed E-state index contributed by atoms with van der Waals surface area (Å²) in [6.45, 7) is 0. The van der Waals surface area contributed by atoms with Gasteiger partial charge in [-0.1, -0.05) is 0 Å². The summed E-state index contributed by atoms with van der Waals surface area (Å²) in [6, 6.07) is 10.0. The Balaban J connectivity index is 0. The second-order valence-corrected chi connectivity index (χ2v) is 4.77. The molecule has 0 saturated carbocycles. The van der Waals surface area contributed by atoms with Crippen LogP contribution in [0.4, 0.5) is 0 Å². The molecular weight excluding hydrogens is 419 g/mol. The van der Waals surface area contributed by atoms with E-state index >= 15 is 0 Å². The van der Waals surface area contributed by atoms with Crippen LogP contribution in [0.15, 0.2) is 30.3 Å². The molecule has 0 aliphatic heterocycles. The third-order valence-corrected chi connectivity index (χ3v) is 0.556. The zero-order valence-corrected chi connectivity index (χ0v) is 10.6. The Morgan fingerprint density at radius 2 is 1.44 bits per heavy atom. The van der Waals surface area contributed by atoms with Gasteiger partial charge < -0.3 is 0 Å². The van der Waals surface area contributed by atoms with Crippen molar-refractivity contribution in [1.82, 2.24) is 0 Å². The van der Waals surface area contributed by atoms with E-state index in [0.717, 1.165) is 0 Å². The number of halogens is 2. The maximum Gasteiger partial charge on any atom is -0.172 e. The Labute approximate surface area is 89.5 Å². The van der Waals surface area contributed by atoms with Crippen LogP contribution in [0.3, 0.4) is 0 Å². The van der Waals surface area contributed by atoms with E-state index in [9.17, 15) is 0 Å². The zero-order chi connectivity index (χ0) is 6.24. The van der Waals surface area contributed by atoms with Crippen LogP contribution in [0, 0.1) is 0 Å². The van der Waals surface area contributed by atoms with Gasteiger partial charge in [-0.25, -0.2) is 12.1 Å². The van der Waals surface area contributed by atoms with Crippen molar-refractivity contribution in [2.75, 3.05) is 0 Å². The molecule has 0 radical (unpaired) electrons. The summed E-state index contributed by atoms with van der Waals surface area (Å²) in [5, 5.41) is 0. The van der Waals surface area contributed by atoms with Gasteiger partial charge in [-0.2, -0.15) is 18.2 Å². The Morgan fingerprint density at radius 1 is 1.11 bits per heavy atom. The minimum atomic E-state index is -0.826. The smallest absolute Gasteiger partial charge is 0.172 e. The summed E-state index contributed by atoms with van der Waals surface area (Å²) in [5.41, 5.74) is 0. The van der Waals surface area contributed by atoms with Gasteiger partial charge in [0.2, 0.25) is 0 Å². The van der Waals surface area contributed by atoms with Crippen molar-refractivity contribution in [2.24, 2.45) is 0 Å². The molecule has 0 aliphatic carbocycles. The van der Waals surface area contributed by atoms with E-state index in [0.29, 0.717) is 0 Å². The third kappa shape index (κ3) is 12.7. The van der Waals surface area contributed by atoms with E-state index in [1.165, 1.54) is 0 Å². The van der Waals surface area contributed by atoms with Gasteiger partial charge in [-0.05, 0) is 0 Å². The predicted molar refractivity (Wildman–Crippen MR) is 33.7 cm³/mol. The number of hydrogen-bond acceptors (Lipinski definition) is 0. The first-order chi connectivity index (χ1) is 3.91. The number of rotatable bonds is 0. The summed E-state index contributed by atoms with van der Waals surface area (Å²) in [4.78, 5) is 0. The van der Waals surface area contributed by atoms with Gasteiger partial charge >= 0.3 is 60.3 Å². The molecule has 0 atom stereocenters. The summed E-state index contributed by atoms with van der Waals surface area (Å²) in [6.07, 6.45) is 0. The molecule has 0 aliphatic rings. The van der Waals surface area contributed by atoms with Crippen LogP contribution in [-0.4, -0.2) is 0 Å². The van der Waals surface area contributed by atoms with Crippen LogP contribution < -0.4 is 0 Å². The fourth-order valence-electron chi connectivity index (χ4n) is 0.321. The van der Waals surface area contributed by atoms with E-state index in [1.54, 1.807) is 0 Å². The summed E-state index contributed by atoms with van der Waals surface area (Å²) < 4.78 is 0. The molecule has 0 heterocycles. The average Bonchev–Trinajstić information content (AvgIpc) is 2.17. The van der Waals surface area contributed by atoms with E-state index in [2.05, 4.69) is 0 Å². The molecule has 0 amide bonds. The standard InChI is InChI=1S/C5H5.Au.2ClH.Zr/c1-2-4-5-3-1;;;;/h1-5H;;2*1H;/q-1;+1;;;+2/p-2. The normalized spacial score (nSPS) is 6.00. The van der Waals surface area contributed by atoms with E-state index < -0.39 is 20.8 Å². The molecule has 0 spiro atoms. The van der Waals surface area contributed by atoms with Gasteiger partial charge in [0.25, 0.3) is 0 Å². The van der Waals surface area contributed by atoms with Crippen LogP contribution in [0.25, 0.3) is 0 Å². The third-order valence-electron chi connectivity index (χ3n) is 0.556. The molecule has 54 valence electrons. The Hall–Kier alpha value is 1.55. The molecule has 1 aromatic rings. The molecule has 0 aromatic heterocycles. The van der Waals surface area contributed by atoms with Crippen LogP contribution in [0.2, 0.25) is 0 Å². The van der Waals surface area contributed by atoms with E-state index in [1.807, 2.05) is 30.3 Å². The topological polar surface area (TPSA) is 0 Å². The monoisotopic (exact) mass is 422 g/mol. The van der Waals surface area contributed by atoms with Crippen molar-refractivity contribution in [2.45, 2.75) is 0 Å². The van der Waals surface area contributed by atoms with Crippen LogP contribution >= 0.6 is 17.0 Å². The van der Waals surface area contributed by atoms with Gasteiger partial charge in [0.05, 0.1) is 0 Å². The minimum absolute atomic E-state index is 0. The van der Waals surface area contributed by atoms with Crippen LogP contribution in [-0.2, 0) is 43.2 Å². The molecule has 9 heavy (non-hydrogen) atoms. The molecule has 0 N–H and O–H groups in total. The second-order valence-electron chi connectivity index (χ2n) is 1.03. The largest absolute Gasteiger partial charge is 0.214 e. The van der Waals surface area contributed by atoms with Crippen molar-refractivity contribution in [3.05, 3.63) is 30.3 Å². The fourth-order valence-corrected chi connectivity index (χ4v) is 0.321. The van der Waals surface area contributed by atoms with Gasteiger partial charge in [0, 0.05) is 0 Å². The van der Waals surface area contributed by atoms with Crippen molar-refractivity contribution in [3.8, 4) is 0 Å². The summed E-state index contributed by atoms with van der Waals surface area (Å²) in [7, 11) is 9.87. The molecule has 0 saturated heterocycles. The quantitative estimate of drug-likeness (QED) is 0.444. The molecule has 0 nitrogen and oxygen atoms in total. The van der Waals surface area contributed by atoms with Crippen LogP contribution in [0.1, 0.15) is 0 Å². The Kier molecular flexibility index (Phi) is 17.9. The summed E-state index contributed by atoms with van der Waals surface area (Å²) >= 11 is -0.826. The maximum atomic E-state index is 4.93. The average molecular weight is 424 g/mol. The predicted octanol–water partition coefficient (Wildman–Crippen LogP) is 2.78. The molecule has 4 heteroatoms. The van der Waals surface area contributed by atoms with E-state index in [-0.39, 0.29) is 22.4 Å². The SMILES string of the molecule is [Au+].[Cl][Zr][Cl].c1cc[cH-]c1. The first-order valence-electron chi connectivity index (χ1n) is 2.04. The first kappa shape index (κ1) is 13.2. The molecule has 0 bridgehead atoms. The summed E-state index contributed by atoms with van der Waals surface area (Å²) in [5.74, 6) is 0. The minimum Gasteiger partial charge on any atom is -0.214 e. The van der Waals surface area contributed by atoms with Crippen molar-refractivity contribution in [3.63, 3.8) is 0 Å². The Morgan fingerprint density at radius 3 is 1.56 bits per heavy atom. The molecule has 0 fully saturated rings. The molecule has 0 unspecified atom stereocenters. The van der Waals surface area contributed by atoms with Gasteiger partial charge in [-0.15, -0.1) is 0 Å². The molecular formula is C5H5AuCl2Zr. The second kappa shape index (κ2) is 12.3. The molecule has 1 rings (SSSR count). The maximum absolute atomic E-state index is 4.93. The van der Waals surface area contributed by atoms with E-state index in [4.69, 9.17) is 17.0 Å². The van der Waals surface area contributed by atoms with Crippen molar-refractivity contribution >= 4 is 17.0 Å². The first-order valence-corrected chi connectivity index (χ1v) is 8.37. The van der Waals surface area contributed by atoms with Crippen LogP contribution in [0.5, 0.6) is 0 Å². The van der Waals surface area contributed by atoms with Crippen molar-refractivity contribution in [1.29, 1.82) is 0 Å².